The van der Waals surface area contributed by atoms with Crippen molar-refractivity contribution >= 4 is 18.0 Å². The second-order valence-electron chi connectivity index (χ2n) is 3.02. The van der Waals surface area contributed by atoms with Gasteiger partial charge in [-0.3, -0.25) is 9.89 Å². The zero-order valence-electron chi connectivity index (χ0n) is 8.01. The Morgan fingerprint density at radius 1 is 1.33 bits per heavy atom. The molecule has 0 aliphatic heterocycles. The highest BCUT2D eigenvalue weighted by Gasteiger charge is 2.03. The Morgan fingerprint density at radius 2 is 2.13 bits per heavy atom. The van der Waals surface area contributed by atoms with Crippen LogP contribution in [0.15, 0.2) is 41.4 Å². The number of aromatic nitrogens is 2. The summed E-state index contributed by atoms with van der Waals surface area (Å²) in [5.74, 6) is 0.734. The van der Waals surface area contributed by atoms with E-state index in [4.69, 9.17) is 0 Å². The predicted octanol–water partition coefficient (Wildman–Crippen LogP) is 2.51. The molecular weight excluding hydrogens is 208 g/mol. The number of thioether (sulfide) groups is 1. The van der Waals surface area contributed by atoms with E-state index in [1.807, 2.05) is 30.3 Å². The Labute approximate surface area is 91.9 Å². The van der Waals surface area contributed by atoms with E-state index in [0.717, 1.165) is 17.7 Å². The number of aldehydes is 1. The fourth-order valence-corrected chi connectivity index (χ4v) is 2.10. The smallest absolute Gasteiger partial charge is 0.153 e. The van der Waals surface area contributed by atoms with Gasteiger partial charge in [0.2, 0.25) is 0 Å². The van der Waals surface area contributed by atoms with Gasteiger partial charge in [-0.05, 0) is 12.1 Å². The maximum atomic E-state index is 10.6. The normalized spacial score (nSPS) is 10.1. The lowest BCUT2D eigenvalue weighted by Crippen LogP contribution is -1.87. The monoisotopic (exact) mass is 218 g/mol. The lowest BCUT2D eigenvalue weighted by atomic mass is 10.3. The molecule has 0 amide bonds. The second-order valence-corrected chi connectivity index (χ2v) is 4.07. The molecule has 0 aliphatic rings. The van der Waals surface area contributed by atoms with Gasteiger partial charge in [-0.25, -0.2) is 0 Å². The summed E-state index contributed by atoms with van der Waals surface area (Å²) < 4.78 is 0. The van der Waals surface area contributed by atoms with Crippen molar-refractivity contribution in [1.29, 1.82) is 0 Å². The summed E-state index contributed by atoms with van der Waals surface area (Å²) in [6, 6.07) is 10.1. The van der Waals surface area contributed by atoms with Crippen LogP contribution in [0.25, 0.3) is 0 Å². The zero-order valence-corrected chi connectivity index (χ0v) is 8.83. The standard InChI is InChI=1S/C11H10N2OS/c14-7-9-6-12-13-11(9)8-15-10-4-2-1-3-5-10/h1-7H,8H2,(H,12,13). The van der Waals surface area contributed by atoms with Gasteiger partial charge >= 0.3 is 0 Å². The van der Waals surface area contributed by atoms with E-state index in [-0.39, 0.29) is 0 Å². The Kier molecular flexibility index (Phi) is 3.19. The number of rotatable bonds is 4. The second kappa shape index (κ2) is 4.79. The van der Waals surface area contributed by atoms with Crippen molar-refractivity contribution in [3.63, 3.8) is 0 Å². The fraction of sp³-hybridized carbons (Fsp3) is 0.0909. The van der Waals surface area contributed by atoms with Crippen molar-refractivity contribution in [2.24, 2.45) is 0 Å². The van der Waals surface area contributed by atoms with E-state index in [0.29, 0.717) is 5.56 Å². The molecule has 1 heterocycles. The molecule has 15 heavy (non-hydrogen) atoms. The molecule has 0 saturated carbocycles. The zero-order chi connectivity index (χ0) is 10.5. The summed E-state index contributed by atoms with van der Waals surface area (Å²) in [7, 11) is 0. The van der Waals surface area contributed by atoms with E-state index in [1.54, 1.807) is 18.0 Å². The average molecular weight is 218 g/mol. The van der Waals surface area contributed by atoms with Gasteiger partial charge in [0.15, 0.2) is 6.29 Å². The first-order valence-electron chi connectivity index (χ1n) is 4.55. The summed E-state index contributed by atoms with van der Waals surface area (Å²) in [4.78, 5) is 11.8. The van der Waals surface area contributed by atoms with Gasteiger partial charge in [-0.1, -0.05) is 18.2 Å². The number of benzene rings is 1. The van der Waals surface area contributed by atoms with Crippen LogP contribution in [0.4, 0.5) is 0 Å². The summed E-state index contributed by atoms with van der Waals surface area (Å²) in [6.07, 6.45) is 2.37. The molecule has 0 unspecified atom stereocenters. The van der Waals surface area contributed by atoms with Crippen LogP contribution >= 0.6 is 11.8 Å². The number of carbonyl (C=O) groups is 1. The van der Waals surface area contributed by atoms with Crippen LogP contribution in [0.2, 0.25) is 0 Å². The van der Waals surface area contributed by atoms with Gasteiger partial charge in [0.1, 0.15) is 0 Å². The molecule has 2 rings (SSSR count). The molecule has 2 aromatic rings. The quantitative estimate of drug-likeness (QED) is 0.633. The first-order chi connectivity index (χ1) is 7.40. The third kappa shape index (κ3) is 2.47. The summed E-state index contributed by atoms with van der Waals surface area (Å²) >= 11 is 1.68. The Bertz CT molecular complexity index is 439. The molecule has 1 aromatic heterocycles. The molecule has 1 N–H and O–H groups in total. The number of hydrogen-bond acceptors (Lipinski definition) is 3. The molecule has 0 saturated heterocycles. The van der Waals surface area contributed by atoms with E-state index < -0.39 is 0 Å². The van der Waals surface area contributed by atoms with Crippen LogP contribution in [-0.4, -0.2) is 16.5 Å². The minimum Gasteiger partial charge on any atom is -0.298 e. The molecule has 4 heteroatoms. The van der Waals surface area contributed by atoms with Crippen LogP contribution in [-0.2, 0) is 5.75 Å². The van der Waals surface area contributed by atoms with Gasteiger partial charge < -0.3 is 0 Å². The summed E-state index contributed by atoms with van der Waals surface area (Å²) in [5, 5.41) is 6.66. The van der Waals surface area contributed by atoms with Crippen molar-refractivity contribution < 1.29 is 4.79 Å². The first-order valence-corrected chi connectivity index (χ1v) is 5.54. The third-order valence-corrected chi connectivity index (χ3v) is 3.04. The number of carbonyl (C=O) groups excluding carboxylic acids is 1. The van der Waals surface area contributed by atoms with Gasteiger partial charge in [-0.2, -0.15) is 5.10 Å². The lowest BCUT2D eigenvalue weighted by molar-refractivity contribution is 0.112. The molecule has 0 fully saturated rings. The molecule has 76 valence electrons. The van der Waals surface area contributed by atoms with E-state index >= 15 is 0 Å². The topological polar surface area (TPSA) is 45.8 Å². The Morgan fingerprint density at radius 3 is 2.87 bits per heavy atom. The largest absolute Gasteiger partial charge is 0.298 e. The van der Waals surface area contributed by atoms with E-state index in [1.165, 1.54) is 4.90 Å². The molecule has 0 radical (unpaired) electrons. The molecular formula is C11H10N2OS. The SMILES string of the molecule is O=Cc1cn[nH]c1CSc1ccccc1. The van der Waals surface area contributed by atoms with Crippen LogP contribution < -0.4 is 0 Å². The maximum Gasteiger partial charge on any atom is 0.153 e. The molecule has 3 nitrogen and oxygen atoms in total. The van der Waals surface area contributed by atoms with Gasteiger partial charge in [-0.15, -0.1) is 11.8 Å². The fourth-order valence-electron chi connectivity index (χ4n) is 1.21. The number of nitrogens with one attached hydrogen (secondary N) is 1. The molecule has 0 spiro atoms. The van der Waals surface area contributed by atoms with Gasteiger partial charge in [0, 0.05) is 10.6 Å². The molecule has 1 aromatic carbocycles. The summed E-state index contributed by atoms with van der Waals surface area (Å²) in [6.45, 7) is 0. The van der Waals surface area contributed by atoms with Crippen LogP contribution in [0.5, 0.6) is 0 Å². The summed E-state index contributed by atoms with van der Waals surface area (Å²) in [5.41, 5.74) is 1.51. The van der Waals surface area contributed by atoms with Crippen molar-refractivity contribution in [3.05, 3.63) is 47.8 Å². The average Bonchev–Trinajstić information content (AvgIpc) is 2.75. The minimum absolute atomic E-state index is 0.637. The Hall–Kier alpha value is -1.55. The van der Waals surface area contributed by atoms with Crippen molar-refractivity contribution in [2.45, 2.75) is 10.6 Å². The highest BCUT2D eigenvalue weighted by Crippen LogP contribution is 2.22. The van der Waals surface area contributed by atoms with Gasteiger partial charge in [0.25, 0.3) is 0 Å². The Balaban J connectivity index is 2.02. The van der Waals surface area contributed by atoms with Gasteiger partial charge in [0.05, 0.1) is 17.5 Å². The van der Waals surface area contributed by atoms with E-state index in [9.17, 15) is 4.79 Å². The highest BCUT2D eigenvalue weighted by molar-refractivity contribution is 7.98. The third-order valence-electron chi connectivity index (χ3n) is 2.00. The number of nitrogens with zero attached hydrogens (tertiary/aromatic N) is 1. The predicted molar refractivity (Wildman–Crippen MR) is 60.0 cm³/mol. The van der Waals surface area contributed by atoms with Crippen molar-refractivity contribution in [3.8, 4) is 0 Å². The van der Waals surface area contributed by atoms with Crippen molar-refractivity contribution in [2.75, 3.05) is 0 Å². The first kappa shape index (κ1) is 9.98. The number of aromatic amines is 1. The molecule has 0 atom stereocenters. The molecule has 0 bridgehead atoms. The van der Waals surface area contributed by atoms with Crippen LogP contribution in [0.1, 0.15) is 16.1 Å². The number of hydrogen-bond donors (Lipinski definition) is 1. The molecule has 0 aliphatic carbocycles. The maximum absolute atomic E-state index is 10.6. The van der Waals surface area contributed by atoms with Crippen LogP contribution in [0, 0.1) is 0 Å². The highest BCUT2D eigenvalue weighted by atomic mass is 32.2. The van der Waals surface area contributed by atoms with Crippen molar-refractivity contribution in [1.82, 2.24) is 10.2 Å². The lowest BCUT2D eigenvalue weighted by Gasteiger charge is -1.99. The minimum atomic E-state index is 0.637. The van der Waals surface area contributed by atoms with E-state index in [2.05, 4.69) is 10.2 Å². The van der Waals surface area contributed by atoms with Crippen LogP contribution in [0.3, 0.4) is 0 Å². The number of H-pyrrole nitrogens is 1.